The van der Waals surface area contributed by atoms with Crippen molar-refractivity contribution in [3.05, 3.63) is 57.7 Å². The number of aromatic nitrogens is 1. The molecule has 134 valence electrons. The second-order valence-electron chi connectivity index (χ2n) is 6.01. The van der Waals surface area contributed by atoms with Crippen LogP contribution < -0.4 is 0 Å². The van der Waals surface area contributed by atoms with Crippen LogP contribution in [0.1, 0.15) is 46.2 Å². The zero-order valence-electron chi connectivity index (χ0n) is 13.4. The lowest BCUT2D eigenvalue weighted by atomic mass is 10.2. The average molecular weight is 359 g/mol. The van der Waals surface area contributed by atoms with Crippen LogP contribution in [0.15, 0.2) is 6.07 Å². The number of carbonyl (C=O) groups is 1. The molecule has 1 heterocycles. The molecule has 25 heavy (non-hydrogen) atoms. The molecule has 1 aromatic heterocycles. The molecule has 0 spiro atoms. The molecular formula is C17H14F5NO2. The van der Waals surface area contributed by atoms with Crippen LogP contribution in [-0.2, 0) is 11.3 Å². The highest BCUT2D eigenvalue weighted by Crippen LogP contribution is 2.38. The minimum absolute atomic E-state index is 0.202. The van der Waals surface area contributed by atoms with Crippen molar-refractivity contribution in [3.8, 4) is 0 Å². The molecule has 0 N–H and O–H groups in total. The van der Waals surface area contributed by atoms with E-state index < -0.39 is 47.2 Å². The summed E-state index contributed by atoms with van der Waals surface area (Å²) in [5.41, 5.74) is 0.500. The third-order valence-corrected chi connectivity index (χ3v) is 4.26. The molecular weight excluding hydrogens is 345 g/mol. The molecule has 1 aliphatic rings. The van der Waals surface area contributed by atoms with Gasteiger partial charge in [-0.05, 0) is 32.8 Å². The first-order chi connectivity index (χ1) is 11.7. The van der Waals surface area contributed by atoms with E-state index >= 15 is 0 Å². The Balaban J connectivity index is 1.83. The van der Waals surface area contributed by atoms with Gasteiger partial charge in [0.1, 0.15) is 6.61 Å². The van der Waals surface area contributed by atoms with E-state index in [1.165, 1.54) is 0 Å². The Morgan fingerprint density at radius 2 is 1.56 bits per heavy atom. The number of halogens is 5. The summed E-state index contributed by atoms with van der Waals surface area (Å²) in [6.45, 7) is 2.46. The lowest BCUT2D eigenvalue weighted by Gasteiger charge is -2.10. The summed E-state index contributed by atoms with van der Waals surface area (Å²) in [6.07, 6.45) is 1.99. The van der Waals surface area contributed by atoms with Crippen LogP contribution in [0.25, 0.3) is 0 Å². The summed E-state index contributed by atoms with van der Waals surface area (Å²) in [5, 5.41) is 0. The topological polar surface area (TPSA) is 31.2 Å². The first-order valence-corrected chi connectivity index (χ1v) is 7.59. The van der Waals surface area contributed by atoms with Crippen LogP contribution >= 0.6 is 0 Å². The summed E-state index contributed by atoms with van der Waals surface area (Å²) < 4.78 is 73.3. The van der Waals surface area contributed by atoms with E-state index in [0.29, 0.717) is 11.7 Å². The zero-order chi connectivity index (χ0) is 18.5. The Hall–Kier alpha value is -2.38. The van der Waals surface area contributed by atoms with E-state index in [9.17, 15) is 26.7 Å². The number of ether oxygens (including phenoxy) is 1. The van der Waals surface area contributed by atoms with Gasteiger partial charge in [0, 0.05) is 17.4 Å². The van der Waals surface area contributed by atoms with Crippen molar-refractivity contribution in [3.63, 3.8) is 0 Å². The summed E-state index contributed by atoms with van der Waals surface area (Å²) in [6, 6.07) is 1.89. The maximum absolute atomic E-state index is 13.6. The Morgan fingerprint density at radius 1 is 1.04 bits per heavy atom. The van der Waals surface area contributed by atoms with Crippen molar-refractivity contribution in [1.29, 1.82) is 0 Å². The highest BCUT2D eigenvalue weighted by atomic mass is 19.2. The van der Waals surface area contributed by atoms with Gasteiger partial charge in [-0.2, -0.15) is 0 Å². The third-order valence-electron chi connectivity index (χ3n) is 4.26. The molecule has 8 heteroatoms. The highest BCUT2D eigenvalue weighted by molar-refractivity contribution is 5.91. The minimum atomic E-state index is -2.25. The smallest absolute Gasteiger partial charge is 0.340 e. The molecule has 3 nitrogen and oxygen atoms in total. The van der Waals surface area contributed by atoms with E-state index in [-0.39, 0.29) is 5.56 Å². The maximum Gasteiger partial charge on any atom is 0.340 e. The number of benzene rings is 1. The second-order valence-corrected chi connectivity index (χ2v) is 6.01. The monoisotopic (exact) mass is 359 g/mol. The number of hydrogen-bond acceptors (Lipinski definition) is 2. The van der Waals surface area contributed by atoms with Crippen molar-refractivity contribution in [2.75, 3.05) is 0 Å². The van der Waals surface area contributed by atoms with Gasteiger partial charge in [-0.15, -0.1) is 0 Å². The second kappa shape index (κ2) is 6.16. The Bertz CT molecular complexity index is 842. The molecule has 1 saturated carbocycles. The summed E-state index contributed by atoms with van der Waals surface area (Å²) in [7, 11) is 0. The standard InChI is InChI=1S/C17H14F5NO2/c1-7-5-10(8(2)23(7)9-3-4-9)17(24)25-6-11-12(18)14(20)16(22)15(21)13(11)19/h5,9H,3-4,6H2,1-2H3. The van der Waals surface area contributed by atoms with E-state index in [1.54, 1.807) is 13.0 Å². The number of carbonyl (C=O) groups excluding carboxylic acids is 1. The van der Waals surface area contributed by atoms with Crippen LogP contribution in [0.3, 0.4) is 0 Å². The molecule has 0 bridgehead atoms. The van der Waals surface area contributed by atoms with Gasteiger partial charge in [0.2, 0.25) is 5.82 Å². The number of esters is 1. The molecule has 1 aromatic carbocycles. The lowest BCUT2D eigenvalue weighted by Crippen LogP contribution is -2.12. The quantitative estimate of drug-likeness (QED) is 0.349. The molecule has 0 unspecified atom stereocenters. The predicted molar refractivity (Wildman–Crippen MR) is 77.5 cm³/mol. The van der Waals surface area contributed by atoms with Crippen molar-refractivity contribution in [2.24, 2.45) is 0 Å². The van der Waals surface area contributed by atoms with Gasteiger partial charge >= 0.3 is 5.97 Å². The normalized spacial score (nSPS) is 14.0. The molecule has 0 radical (unpaired) electrons. The number of nitrogens with zero attached hydrogens (tertiary/aromatic N) is 1. The van der Waals surface area contributed by atoms with E-state index in [0.717, 1.165) is 18.5 Å². The minimum Gasteiger partial charge on any atom is -0.457 e. The fraction of sp³-hybridized carbons (Fsp3) is 0.353. The van der Waals surface area contributed by atoms with Crippen molar-refractivity contribution >= 4 is 5.97 Å². The zero-order valence-corrected chi connectivity index (χ0v) is 13.4. The third kappa shape index (κ3) is 2.89. The van der Waals surface area contributed by atoms with E-state index in [2.05, 4.69) is 0 Å². The van der Waals surface area contributed by atoms with Gasteiger partial charge in [0.15, 0.2) is 23.3 Å². The molecule has 3 rings (SSSR count). The summed E-state index contributed by atoms with van der Waals surface area (Å²) in [5.74, 6) is -11.3. The highest BCUT2D eigenvalue weighted by Gasteiger charge is 2.30. The fourth-order valence-corrected chi connectivity index (χ4v) is 2.87. The molecule has 0 amide bonds. The number of aryl methyl sites for hydroxylation is 1. The van der Waals surface area contributed by atoms with Gasteiger partial charge in [-0.3, -0.25) is 0 Å². The first-order valence-electron chi connectivity index (χ1n) is 7.59. The Kier molecular flexibility index (Phi) is 4.30. The first kappa shape index (κ1) is 17.4. The maximum atomic E-state index is 13.6. The lowest BCUT2D eigenvalue weighted by molar-refractivity contribution is 0.0461. The van der Waals surface area contributed by atoms with Gasteiger partial charge in [-0.1, -0.05) is 0 Å². The van der Waals surface area contributed by atoms with Gasteiger partial charge in [0.05, 0.1) is 11.1 Å². The van der Waals surface area contributed by atoms with Gasteiger partial charge < -0.3 is 9.30 Å². The van der Waals surface area contributed by atoms with E-state index in [1.807, 2.05) is 11.5 Å². The van der Waals surface area contributed by atoms with Crippen LogP contribution in [0.5, 0.6) is 0 Å². The van der Waals surface area contributed by atoms with Crippen LogP contribution in [0.4, 0.5) is 22.0 Å². The fourth-order valence-electron chi connectivity index (χ4n) is 2.87. The van der Waals surface area contributed by atoms with Gasteiger partial charge in [0.25, 0.3) is 0 Å². The van der Waals surface area contributed by atoms with E-state index in [4.69, 9.17) is 4.74 Å². The number of rotatable bonds is 4. The van der Waals surface area contributed by atoms with Crippen molar-refractivity contribution < 1.29 is 31.5 Å². The number of hydrogen-bond donors (Lipinski definition) is 0. The van der Waals surface area contributed by atoms with Crippen molar-refractivity contribution in [1.82, 2.24) is 4.57 Å². The SMILES string of the molecule is Cc1cc(C(=O)OCc2c(F)c(F)c(F)c(F)c2F)c(C)n1C1CC1. The Labute approximate surface area is 140 Å². The van der Waals surface area contributed by atoms with Crippen molar-refractivity contribution in [2.45, 2.75) is 39.3 Å². The van der Waals surface area contributed by atoms with Crippen LogP contribution in [-0.4, -0.2) is 10.5 Å². The Morgan fingerprint density at radius 3 is 2.08 bits per heavy atom. The molecule has 1 aliphatic carbocycles. The molecule has 2 aromatic rings. The largest absolute Gasteiger partial charge is 0.457 e. The van der Waals surface area contributed by atoms with Crippen LogP contribution in [0.2, 0.25) is 0 Å². The van der Waals surface area contributed by atoms with Crippen LogP contribution in [0, 0.1) is 42.9 Å². The average Bonchev–Trinajstić information content (AvgIpc) is 3.36. The molecule has 1 fully saturated rings. The molecule has 0 atom stereocenters. The predicted octanol–water partition coefficient (Wildman–Crippen LogP) is 4.49. The summed E-state index contributed by atoms with van der Waals surface area (Å²) >= 11 is 0. The van der Waals surface area contributed by atoms with Gasteiger partial charge in [-0.25, -0.2) is 26.7 Å². The molecule has 0 aliphatic heterocycles. The molecule has 0 saturated heterocycles. The summed E-state index contributed by atoms with van der Waals surface area (Å²) in [4.78, 5) is 12.2.